The minimum absolute atomic E-state index is 0.192. The zero-order valence-corrected chi connectivity index (χ0v) is 20.7. The summed E-state index contributed by atoms with van der Waals surface area (Å²) in [4.78, 5) is 0. The maximum absolute atomic E-state index is 2.58. The Bertz CT molecular complexity index is 1530. The highest BCUT2D eigenvalue weighted by molar-refractivity contribution is 6.89. The van der Waals surface area contributed by atoms with Gasteiger partial charge in [0.1, 0.15) is 0 Å². The Balaban J connectivity index is 1.52. The molecule has 0 aromatic heterocycles. The summed E-state index contributed by atoms with van der Waals surface area (Å²) in [6.45, 7) is 5.61. The molecule has 2 atom stereocenters. The zero-order valence-electron chi connectivity index (χ0n) is 20.7. The van der Waals surface area contributed by atoms with Crippen molar-refractivity contribution in [2.45, 2.75) is 50.3 Å². The molecule has 0 N–H and O–H groups in total. The van der Waals surface area contributed by atoms with Crippen molar-refractivity contribution in [2.24, 2.45) is 0 Å². The summed E-state index contributed by atoms with van der Waals surface area (Å²) in [6, 6.07) is 38.9. The normalized spacial score (nSPS) is 23.4. The molecule has 35 heavy (non-hydrogen) atoms. The van der Waals surface area contributed by atoms with Crippen LogP contribution in [0.5, 0.6) is 0 Å². The molecule has 0 radical (unpaired) electrons. The van der Waals surface area contributed by atoms with Crippen molar-refractivity contribution < 1.29 is 0 Å². The Labute approximate surface area is 209 Å². The lowest BCUT2D eigenvalue weighted by molar-refractivity contribution is 0.243. The van der Waals surface area contributed by atoms with Crippen LogP contribution in [-0.2, 0) is 5.41 Å². The standard InChI is InChI=1S/C34H31B/c1-33-20-10-11-21-34(33,2)35(27-14-4-3-5-15-27)31-19-18-26(23-30(31)33)32-28-16-8-6-12-24(28)22-25-13-7-9-17-29(25)32/h3-9,12-19,22-23H,10-11,20-21H2,1-2H3. The molecule has 0 spiro atoms. The second-order valence-corrected chi connectivity index (χ2v) is 11.3. The average molecular weight is 450 g/mol. The highest BCUT2D eigenvalue weighted by Gasteiger charge is 2.60. The van der Waals surface area contributed by atoms with Gasteiger partial charge >= 0.3 is 0 Å². The van der Waals surface area contributed by atoms with Crippen LogP contribution in [0.3, 0.4) is 0 Å². The van der Waals surface area contributed by atoms with Gasteiger partial charge < -0.3 is 0 Å². The molecule has 0 bridgehead atoms. The number of hydrogen-bond acceptors (Lipinski definition) is 0. The molecular formula is C34H31B. The van der Waals surface area contributed by atoms with Crippen molar-refractivity contribution in [1.82, 2.24) is 0 Å². The van der Waals surface area contributed by atoms with Crippen LogP contribution < -0.4 is 10.9 Å². The van der Waals surface area contributed by atoms with Gasteiger partial charge in [0.05, 0.1) is 0 Å². The van der Waals surface area contributed by atoms with E-state index in [9.17, 15) is 0 Å². The zero-order chi connectivity index (χ0) is 23.6. The third-order valence-electron chi connectivity index (χ3n) is 9.67. The fourth-order valence-corrected chi connectivity index (χ4v) is 7.74. The minimum atomic E-state index is 0.192. The van der Waals surface area contributed by atoms with Gasteiger partial charge in [-0.05, 0) is 61.5 Å². The fourth-order valence-electron chi connectivity index (χ4n) is 7.74. The smallest absolute Gasteiger partial charge is 0.0735 e. The minimum Gasteiger partial charge on any atom is -0.0735 e. The first kappa shape index (κ1) is 21.0. The molecule has 0 amide bonds. The van der Waals surface area contributed by atoms with Gasteiger partial charge in [0.2, 0.25) is 6.71 Å². The monoisotopic (exact) mass is 450 g/mol. The van der Waals surface area contributed by atoms with Crippen LogP contribution in [0.25, 0.3) is 32.7 Å². The Kier molecular flexibility index (Phi) is 4.56. The lowest BCUT2D eigenvalue weighted by Crippen LogP contribution is -2.51. The van der Waals surface area contributed by atoms with Gasteiger partial charge in [0, 0.05) is 0 Å². The first-order valence-corrected chi connectivity index (χ1v) is 13.2. The van der Waals surface area contributed by atoms with Gasteiger partial charge in [-0.25, -0.2) is 0 Å². The van der Waals surface area contributed by atoms with Crippen molar-refractivity contribution in [3.05, 3.63) is 109 Å². The Morgan fingerprint density at radius 2 is 1.26 bits per heavy atom. The first-order chi connectivity index (χ1) is 17.1. The van der Waals surface area contributed by atoms with E-state index in [0.717, 1.165) is 0 Å². The second kappa shape index (κ2) is 7.59. The van der Waals surface area contributed by atoms with Gasteiger partial charge in [-0.2, -0.15) is 0 Å². The lowest BCUT2D eigenvalue weighted by Gasteiger charge is -2.48. The summed E-state index contributed by atoms with van der Waals surface area (Å²) >= 11 is 0. The van der Waals surface area contributed by atoms with Crippen LogP contribution in [-0.4, -0.2) is 6.71 Å². The summed E-state index contributed by atoms with van der Waals surface area (Å²) in [5.74, 6) is 0. The molecule has 170 valence electrons. The van der Waals surface area contributed by atoms with Crippen LogP contribution in [0.15, 0.2) is 103 Å². The molecule has 2 aliphatic rings. The topological polar surface area (TPSA) is 0 Å². The summed E-state index contributed by atoms with van der Waals surface area (Å²) in [6.07, 6.45) is 5.24. The number of benzene rings is 5. The molecule has 7 rings (SSSR count). The van der Waals surface area contributed by atoms with E-state index in [2.05, 4.69) is 117 Å². The molecule has 0 saturated heterocycles. The van der Waals surface area contributed by atoms with E-state index in [1.807, 2.05) is 0 Å². The van der Waals surface area contributed by atoms with Crippen LogP contribution in [0.4, 0.5) is 0 Å². The van der Waals surface area contributed by atoms with E-state index in [0.29, 0.717) is 6.71 Å². The predicted octanol–water partition coefficient (Wildman–Crippen LogP) is 7.87. The predicted molar refractivity (Wildman–Crippen MR) is 153 cm³/mol. The van der Waals surface area contributed by atoms with Crippen molar-refractivity contribution in [1.29, 1.82) is 0 Å². The summed E-state index contributed by atoms with van der Waals surface area (Å²) < 4.78 is 0. The Morgan fingerprint density at radius 1 is 0.629 bits per heavy atom. The summed E-state index contributed by atoms with van der Waals surface area (Å²) in [5.41, 5.74) is 7.55. The van der Waals surface area contributed by atoms with Crippen LogP contribution in [0.1, 0.15) is 45.1 Å². The third kappa shape index (κ3) is 2.88. The molecule has 5 aromatic rings. The van der Waals surface area contributed by atoms with E-state index in [-0.39, 0.29) is 10.7 Å². The number of rotatable bonds is 2. The maximum Gasteiger partial charge on any atom is 0.216 e. The summed E-state index contributed by atoms with van der Waals surface area (Å²) in [5, 5.41) is 5.57. The van der Waals surface area contributed by atoms with Gasteiger partial charge in [-0.1, -0.05) is 141 Å². The van der Waals surface area contributed by atoms with Crippen molar-refractivity contribution in [2.75, 3.05) is 0 Å². The number of fused-ring (bicyclic) bond motifs is 5. The molecule has 0 nitrogen and oxygen atoms in total. The van der Waals surface area contributed by atoms with E-state index in [4.69, 9.17) is 0 Å². The molecule has 1 heterocycles. The fraction of sp³-hybridized carbons (Fsp3) is 0.235. The maximum atomic E-state index is 2.58. The van der Waals surface area contributed by atoms with Crippen molar-refractivity contribution in [3.63, 3.8) is 0 Å². The molecular weight excluding hydrogens is 419 g/mol. The van der Waals surface area contributed by atoms with Gasteiger partial charge in [0.25, 0.3) is 0 Å². The SMILES string of the molecule is CC12CCCCC1(C)c1cc(-c3c4ccccc4cc4ccccc34)ccc1B2c1ccccc1. The van der Waals surface area contributed by atoms with E-state index in [1.165, 1.54) is 63.8 Å². The third-order valence-corrected chi connectivity index (χ3v) is 9.67. The molecule has 1 aliphatic carbocycles. The average Bonchev–Trinajstić information content (AvgIpc) is 3.11. The summed E-state index contributed by atoms with van der Waals surface area (Å²) in [7, 11) is 0. The van der Waals surface area contributed by atoms with Crippen LogP contribution in [0, 0.1) is 0 Å². The van der Waals surface area contributed by atoms with Gasteiger partial charge in [-0.3, -0.25) is 0 Å². The van der Waals surface area contributed by atoms with E-state index < -0.39 is 0 Å². The van der Waals surface area contributed by atoms with E-state index in [1.54, 1.807) is 11.0 Å². The van der Waals surface area contributed by atoms with Crippen molar-refractivity contribution in [3.8, 4) is 11.1 Å². The van der Waals surface area contributed by atoms with Gasteiger partial charge in [-0.15, -0.1) is 0 Å². The quantitative estimate of drug-likeness (QED) is 0.190. The highest BCUT2D eigenvalue weighted by atomic mass is 14.5. The largest absolute Gasteiger partial charge is 0.216 e. The molecule has 1 heteroatoms. The lowest BCUT2D eigenvalue weighted by atomic mass is 9.26. The number of hydrogen-bond donors (Lipinski definition) is 0. The highest BCUT2D eigenvalue weighted by Crippen LogP contribution is 2.62. The van der Waals surface area contributed by atoms with E-state index >= 15 is 0 Å². The molecule has 1 aliphatic heterocycles. The molecule has 2 unspecified atom stereocenters. The Hall–Kier alpha value is -3.32. The van der Waals surface area contributed by atoms with Crippen LogP contribution in [0.2, 0.25) is 5.31 Å². The van der Waals surface area contributed by atoms with Crippen molar-refractivity contribution >= 4 is 39.2 Å². The molecule has 1 fully saturated rings. The second-order valence-electron chi connectivity index (χ2n) is 11.3. The molecule has 5 aromatic carbocycles. The Morgan fingerprint density at radius 3 is 1.97 bits per heavy atom. The van der Waals surface area contributed by atoms with Gasteiger partial charge in [0.15, 0.2) is 0 Å². The molecule has 1 saturated carbocycles. The van der Waals surface area contributed by atoms with Crippen LogP contribution >= 0.6 is 0 Å². The first-order valence-electron chi connectivity index (χ1n) is 13.2.